The number of sulfonamides is 1. The third-order valence-corrected chi connectivity index (χ3v) is 5.19. The molecule has 0 saturated heterocycles. The van der Waals surface area contributed by atoms with Crippen molar-refractivity contribution in [2.24, 2.45) is 0 Å². The summed E-state index contributed by atoms with van der Waals surface area (Å²) in [5.41, 5.74) is 1.59. The Kier molecular flexibility index (Phi) is 4.43. The van der Waals surface area contributed by atoms with Crippen LogP contribution in [0.15, 0.2) is 52.9 Å². The van der Waals surface area contributed by atoms with Gasteiger partial charge >= 0.3 is 0 Å². The maximum Gasteiger partial charge on any atom is 0.216 e. The molecule has 0 saturated carbocycles. The monoisotopic (exact) mass is 347 g/mol. The molecule has 1 aromatic heterocycles. The van der Waals surface area contributed by atoms with Crippen LogP contribution in [0.4, 0.5) is 4.39 Å². The van der Waals surface area contributed by atoms with E-state index in [1.165, 1.54) is 12.1 Å². The lowest BCUT2D eigenvalue weighted by molar-refractivity contribution is 0.484. The molecule has 1 atom stereocenters. The van der Waals surface area contributed by atoms with Crippen LogP contribution in [-0.2, 0) is 15.8 Å². The van der Waals surface area contributed by atoms with Crippen molar-refractivity contribution >= 4 is 21.0 Å². The van der Waals surface area contributed by atoms with E-state index < -0.39 is 27.6 Å². The third-order valence-electron chi connectivity index (χ3n) is 3.78. The molecule has 0 aliphatic rings. The normalized spacial score (nSPS) is 13.3. The van der Waals surface area contributed by atoms with Gasteiger partial charge in [-0.05, 0) is 37.6 Å². The summed E-state index contributed by atoms with van der Waals surface area (Å²) >= 11 is 0. The molecule has 24 heavy (non-hydrogen) atoms. The van der Waals surface area contributed by atoms with Gasteiger partial charge in [0.25, 0.3) is 0 Å². The van der Waals surface area contributed by atoms with Crippen LogP contribution in [0, 0.1) is 12.7 Å². The van der Waals surface area contributed by atoms with Gasteiger partial charge in [-0.25, -0.2) is 17.5 Å². The molecule has 1 N–H and O–H groups in total. The van der Waals surface area contributed by atoms with Crippen molar-refractivity contribution in [2.75, 3.05) is 0 Å². The molecule has 0 aliphatic heterocycles. The quantitative estimate of drug-likeness (QED) is 0.757. The molecule has 1 unspecified atom stereocenters. The number of para-hydroxylation sites is 1. The first kappa shape index (κ1) is 16.7. The van der Waals surface area contributed by atoms with Crippen LogP contribution in [-0.4, -0.2) is 8.42 Å². The van der Waals surface area contributed by atoms with Gasteiger partial charge in [0, 0.05) is 10.9 Å². The average Bonchev–Trinajstić information content (AvgIpc) is 2.94. The minimum absolute atomic E-state index is 0.143. The van der Waals surface area contributed by atoms with Crippen LogP contribution in [0.5, 0.6) is 0 Å². The number of benzene rings is 2. The molecule has 3 rings (SSSR count). The Morgan fingerprint density at radius 3 is 2.62 bits per heavy atom. The Balaban J connectivity index is 1.78. The zero-order valence-corrected chi connectivity index (χ0v) is 14.2. The molecule has 0 fully saturated rings. The van der Waals surface area contributed by atoms with E-state index in [1.807, 2.05) is 24.3 Å². The van der Waals surface area contributed by atoms with Crippen molar-refractivity contribution in [2.45, 2.75) is 25.6 Å². The van der Waals surface area contributed by atoms with E-state index in [-0.39, 0.29) is 5.56 Å². The molecule has 0 bridgehead atoms. The van der Waals surface area contributed by atoms with E-state index in [0.717, 1.165) is 10.9 Å². The lowest BCUT2D eigenvalue weighted by Crippen LogP contribution is -2.28. The largest absolute Gasteiger partial charge is 0.459 e. The molecule has 6 heteroatoms. The maximum atomic E-state index is 13.9. The van der Waals surface area contributed by atoms with Crippen molar-refractivity contribution in [1.82, 2.24) is 4.72 Å². The van der Waals surface area contributed by atoms with Crippen molar-refractivity contribution in [3.05, 3.63) is 71.2 Å². The molecule has 1 heterocycles. The van der Waals surface area contributed by atoms with Crippen LogP contribution < -0.4 is 4.72 Å². The molecule has 4 nitrogen and oxygen atoms in total. The van der Waals surface area contributed by atoms with Gasteiger partial charge in [0.2, 0.25) is 10.0 Å². The highest BCUT2D eigenvalue weighted by molar-refractivity contribution is 7.88. The number of nitrogens with one attached hydrogen (secondary N) is 1. The highest BCUT2D eigenvalue weighted by Gasteiger charge is 2.20. The van der Waals surface area contributed by atoms with Crippen LogP contribution in [0.2, 0.25) is 0 Å². The molecule has 0 radical (unpaired) electrons. The van der Waals surface area contributed by atoms with Crippen LogP contribution >= 0.6 is 0 Å². The number of hydrogen-bond acceptors (Lipinski definition) is 3. The number of halogens is 1. The van der Waals surface area contributed by atoms with Crippen LogP contribution in [0.25, 0.3) is 11.0 Å². The fourth-order valence-corrected chi connectivity index (χ4v) is 3.94. The summed E-state index contributed by atoms with van der Waals surface area (Å²) in [6.07, 6.45) is 0. The summed E-state index contributed by atoms with van der Waals surface area (Å²) in [5, 5.41) is 0.906. The molecule has 3 aromatic rings. The van der Waals surface area contributed by atoms with Gasteiger partial charge in [0.15, 0.2) is 0 Å². The topological polar surface area (TPSA) is 59.3 Å². The first-order chi connectivity index (χ1) is 11.3. The van der Waals surface area contributed by atoms with E-state index in [0.29, 0.717) is 11.3 Å². The average molecular weight is 347 g/mol. The van der Waals surface area contributed by atoms with Gasteiger partial charge in [-0.2, -0.15) is 0 Å². The predicted octanol–water partition coefficient (Wildman–Crippen LogP) is 4.06. The molecule has 126 valence electrons. The van der Waals surface area contributed by atoms with Crippen molar-refractivity contribution in [3.63, 3.8) is 0 Å². The molecule has 0 spiro atoms. The number of fused-ring (bicyclic) bond motifs is 1. The fraction of sp³-hybridized carbons (Fsp3) is 0.222. The van der Waals surface area contributed by atoms with Crippen molar-refractivity contribution < 1.29 is 17.2 Å². The Morgan fingerprint density at radius 1 is 1.17 bits per heavy atom. The van der Waals surface area contributed by atoms with E-state index >= 15 is 0 Å². The van der Waals surface area contributed by atoms with Gasteiger partial charge in [-0.15, -0.1) is 0 Å². The van der Waals surface area contributed by atoms with Crippen LogP contribution in [0.1, 0.15) is 29.9 Å². The lowest BCUT2D eigenvalue weighted by Gasteiger charge is -2.12. The highest BCUT2D eigenvalue weighted by Crippen LogP contribution is 2.24. The minimum Gasteiger partial charge on any atom is -0.459 e. The molecule has 0 aliphatic carbocycles. The molecular formula is C18H18FNO3S. The van der Waals surface area contributed by atoms with Crippen molar-refractivity contribution in [3.8, 4) is 0 Å². The van der Waals surface area contributed by atoms with E-state index in [1.54, 1.807) is 26.0 Å². The number of aryl methyl sites for hydroxylation is 1. The Labute approximate surface area is 140 Å². The second-order valence-electron chi connectivity index (χ2n) is 5.88. The summed E-state index contributed by atoms with van der Waals surface area (Å²) in [4.78, 5) is 0. The summed E-state index contributed by atoms with van der Waals surface area (Å²) in [6.45, 7) is 3.45. The standard InChI is InChI=1S/C18H18FNO3S/c1-12-7-8-15(16(19)9-12)11-24(21,22)20-13(2)18-10-14-5-3-4-6-17(14)23-18/h3-10,13,20H,11H2,1-2H3. The van der Waals surface area contributed by atoms with Gasteiger partial charge in [-0.3, -0.25) is 0 Å². The van der Waals surface area contributed by atoms with Crippen molar-refractivity contribution in [1.29, 1.82) is 0 Å². The second kappa shape index (κ2) is 6.37. The molecular weight excluding hydrogens is 329 g/mol. The summed E-state index contributed by atoms with van der Waals surface area (Å²) in [6, 6.07) is 13.2. The zero-order chi connectivity index (χ0) is 17.3. The highest BCUT2D eigenvalue weighted by atomic mass is 32.2. The Morgan fingerprint density at radius 2 is 1.92 bits per heavy atom. The predicted molar refractivity (Wildman–Crippen MR) is 91.5 cm³/mol. The van der Waals surface area contributed by atoms with Gasteiger partial charge in [0.05, 0.1) is 11.8 Å². The van der Waals surface area contributed by atoms with Gasteiger partial charge in [-0.1, -0.05) is 30.3 Å². The molecule has 0 amide bonds. The smallest absolute Gasteiger partial charge is 0.216 e. The Hall–Kier alpha value is -2.18. The van der Waals surface area contributed by atoms with Gasteiger partial charge in [0.1, 0.15) is 17.2 Å². The minimum atomic E-state index is -3.70. The summed E-state index contributed by atoms with van der Waals surface area (Å²) < 4.78 is 46.7. The zero-order valence-electron chi connectivity index (χ0n) is 13.4. The summed E-state index contributed by atoms with van der Waals surface area (Å²) in [7, 11) is -3.70. The number of furan rings is 1. The fourth-order valence-electron chi connectivity index (χ4n) is 2.56. The lowest BCUT2D eigenvalue weighted by atomic mass is 10.2. The molecule has 2 aromatic carbocycles. The van der Waals surface area contributed by atoms with Gasteiger partial charge < -0.3 is 4.42 Å². The maximum absolute atomic E-state index is 13.9. The van der Waals surface area contributed by atoms with E-state index in [9.17, 15) is 12.8 Å². The summed E-state index contributed by atoms with van der Waals surface area (Å²) in [5.74, 6) is -0.412. The number of hydrogen-bond donors (Lipinski definition) is 1. The number of rotatable bonds is 5. The Bertz CT molecular complexity index is 946. The van der Waals surface area contributed by atoms with Crippen LogP contribution in [0.3, 0.4) is 0 Å². The first-order valence-electron chi connectivity index (χ1n) is 7.57. The van der Waals surface area contributed by atoms with E-state index in [4.69, 9.17) is 4.42 Å². The second-order valence-corrected chi connectivity index (χ2v) is 7.63. The third kappa shape index (κ3) is 3.66. The first-order valence-corrected chi connectivity index (χ1v) is 9.23. The SMILES string of the molecule is Cc1ccc(CS(=O)(=O)NC(C)c2cc3ccccc3o2)c(F)c1. The van der Waals surface area contributed by atoms with E-state index in [2.05, 4.69) is 4.72 Å².